The van der Waals surface area contributed by atoms with Crippen LogP contribution < -0.4 is 10.5 Å². The summed E-state index contributed by atoms with van der Waals surface area (Å²) in [5.74, 6) is 1.21. The molecular formula is C14H16N2O2S. The Kier molecular flexibility index (Phi) is 4.80. The third-order valence-corrected chi connectivity index (χ3v) is 3.13. The monoisotopic (exact) mass is 276 g/mol. The zero-order chi connectivity index (χ0) is 13.5. The molecule has 1 aromatic carbocycles. The maximum absolute atomic E-state index is 5.74. The molecule has 0 amide bonds. The predicted octanol–water partition coefficient (Wildman–Crippen LogP) is 2.77. The van der Waals surface area contributed by atoms with Gasteiger partial charge in [0.2, 0.25) is 0 Å². The molecular weight excluding hydrogens is 260 g/mol. The van der Waals surface area contributed by atoms with Crippen LogP contribution in [0.5, 0.6) is 5.75 Å². The highest BCUT2D eigenvalue weighted by molar-refractivity contribution is 7.08. The van der Waals surface area contributed by atoms with Crippen molar-refractivity contribution in [2.24, 2.45) is 10.9 Å². The minimum atomic E-state index is 0.360. The van der Waals surface area contributed by atoms with Gasteiger partial charge in [0.15, 0.2) is 12.4 Å². The molecule has 0 saturated heterocycles. The zero-order valence-electron chi connectivity index (χ0n) is 10.7. The van der Waals surface area contributed by atoms with Crippen molar-refractivity contribution < 1.29 is 9.57 Å². The number of benzene rings is 1. The Morgan fingerprint density at radius 2 is 2.00 bits per heavy atom. The lowest BCUT2D eigenvalue weighted by Gasteiger charge is -2.05. The van der Waals surface area contributed by atoms with Crippen molar-refractivity contribution in [3.05, 3.63) is 52.2 Å². The van der Waals surface area contributed by atoms with E-state index in [9.17, 15) is 0 Å². The lowest BCUT2D eigenvalue weighted by molar-refractivity contribution is 0.107. The van der Waals surface area contributed by atoms with Gasteiger partial charge in [-0.1, -0.05) is 22.9 Å². The van der Waals surface area contributed by atoms with E-state index in [0.29, 0.717) is 19.0 Å². The first-order chi connectivity index (χ1) is 9.25. The van der Waals surface area contributed by atoms with Crippen molar-refractivity contribution in [2.45, 2.75) is 6.92 Å². The molecule has 100 valence electrons. The van der Waals surface area contributed by atoms with Crippen molar-refractivity contribution in [1.82, 2.24) is 0 Å². The van der Waals surface area contributed by atoms with Crippen LogP contribution in [0.25, 0.3) is 0 Å². The number of hydrogen-bond donors (Lipinski definition) is 1. The molecule has 0 aliphatic rings. The molecule has 0 bridgehead atoms. The van der Waals surface area contributed by atoms with E-state index in [1.165, 1.54) is 5.56 Å². The second-order valence-corrected chi connectivity index (χ2v) is 4.76. The number of nitrogens with zero attached hydrogens (tertiary/aromatic N) is 1. The van der Waals surface area contributed by atoms with E-state index in [0.717, 1.165) is 11.3 Å². The fourth-order valence-corrected chi connectivity index (χ4v) is 2.06. The summed E-state index contributed by atoms with van der Waals surface area (Å²) in [6.45, 7) is 2.83. The average Bonchev–Trinajstić information content (AvgIpc) is 2.94. The molecule has 0 radical (unpaired) electrons. The van der Waals surface area contributed by atoms with E-state index in [1.807, 2.05) is 48.0 Å². The minimum Gasteiger partial charge on any atom is -0.490 e. The van der Waals surface area contributed by atoms with Gasteiger partial charge >= 0.3 is 0 Å². The Labute approximate surface area is 116 Å². The topological polar surface area (TPSA) is 56.8 Å². The number of ether oxygens (including phenoxy) is 1. The third-order valence-electron chi connectivity index (χ3n) is 2.44. The van der Waals surface area contributed by atoms with Crippen LogP contribution in [0.3, 0.4) is 0 Å². The Bertz CT molecular complexity index is 521. The minimum absolute atomic E-state index is 0.360. The Balaban J connectivity index is 1.70. The number of rotatable bonds is 6. The second-order valence-electron chi connectivity index (χ2n) is 3.98. The molecule has 2 aromatic rings. The van der Waals surface area contributed by atoms with E-state index >= 15 is 0 Å². The Hall–Kier alpha value is -2.01. The van der Waals surface area contributed by atoms with Gasteiger partial charge in [-0.3, -0.25) is 0 Å². The Morgan fingerprint density at radius 3 is 2.68 bits per heavy atom. The number of nitrogens with two attached hydrogens (primary N) is 1. The van der Waals surface area contributed by atoms with Gasteiger partial charge < -0.3 is 15.3 Å². The molecule has 0 aliphatic carbocycles. The SMILES string of the molecule is Cc1ccc(OCCO/N=C(\N)c2ccsc2)cc1. The molecule has 0 spiro atoms. The molecule has 2 rings (SSSR count). The maximum Gasteiger partial charge on any atom is 0.171 e. The summed E-state index contributed by atoms with van der Waals surface area (Å²) in [5, 5.41) is 7.70. The molecule has 0 aliphatic heterocycles. The molecule has 0 atom stereocenters. The Morgan fingerprint density at radius 1 is 1.21 bits per heavy atom. The first kappa shape index (κ1) is 13.4. The lowest BCUT2D eigenvalue weighted by Crippen LogP contribution is -2.14. The van der Waals surface area contributed by atoms with Crippen molar-refractivity contribution in [2.75, 3.05) is 13.2 Å². The third kappa shape index (κ3) is 4.30. The first-order valence-corrected chi connectivity index (χ1v) is 6.87. The quantitative estimate of drug-likeness (QED) is 0.382. The van der Waals surface area contributed by atoms with Gasteiger partial charge in [0.05, 0.1) is 0 Å². The molecule has 1 aromatic heterocycles. The average molecular weight is 276 g/mol. The summed E-state index contributed by atoms with van der Waals surface area (Å²) < 4.78 is 5.50. The fourth-order valence-electron chi connectivity index (χ4n) is 1.41. The van der Waals surface area contributed by atoms with E-state index in [2.05, 4.69) is 5.16 Å². The predicted molar refractivity (Wildman–Crippen MR) is 77.7 cm³/mol. The van der Waals surface area contributed by atoms with Crippen molar-refractivity contribution in [3.63, 3.8) is 0 Å². The number of aryl methyl sites for hydroxylation is 1. The van der Waals surface area contributed by atoms with Crippen molar-refractivity contribution >= 4 is 17.2 Å². The highest BCUT2D eigenvalue weighted by Crippen LogP contribution is 2.11. The lowest BCUT2D eigenvalue weighted by atomic mass is 10.2. The van der Waals surface area contributed by atoms with Crippen molar-refractivity contribution in [1.29, 1.82) is 0 Å². The summed E-state index contributed by atoms with van der Waals surface area (Å²) in [7, 11) is 0. The molecule has 1 heterocycles. The van der Waals surface area contributed by atoms with Gasteiger partial charge in [-0.2, -0.15) is 11.3 Å². The fraction of sp³-hybridized carbons (Fsp3) is 0.214. The zero-order valence-corrected chi connectivity index (χ0v) is 11.5. The van der Waals surface area contributed by atoms with Crippen molar-refractivity contribution in [3.8, 4) is 5.75 Å². The van der Waals surface area contributed by atoms with E-state index in [-0.39, 0.29) is 0 Å². The van der Waals surface area contributed by atoms with E-state index in [1.54, 1.807) is 11.3 Å². The summed E-state index contributed by atoms with van der Waals surface area (Å²) in [6.07, 6.45) is 0. The highest BCUT2D eigenvalue weighted by Gasteiger charge is 1.98. The van der Waals surface area contributed by atoms with E-state index < -0.39 is 0 Å². The number of amidine groups is 1. The number of oxime groups is 1. The van der Waals surface area contributed by atoms with Gasteiger partial charge in [0.25, 0.3) is 0 Å². The molecule has 4 nitrogen and oxygen atoms in total. The molecule has 0 unspecified atom stereocenters. The molecule has 0 saturated carbocycles. The summed E-state index contributed by atoms with van der Waals surface area (Å²) >= 11 is 1.57. The first-order valence-electron chi connectivity index (χ1n) is 5.93. The highest BCUT2D eigenvalue weighted by atomic mass is 32.1. The van der Waals surface area contributed by atoms with Crippen LogP contribution in [-0.2, 0) is 4.84 Å². The van der Waals surface area contributed by atoms with Crippen LogP contribution in [0.15, 0.2) is 46.2 Å². The summed E-state index contributed by atoms with van der Waals surface area (Å²) in [4.78, 5) is 5.11. The molecule has 2 N–H and O–H groups in total. The van der Waals surface area contributed by atoms with Crippen LogP contribution in [0, 0.1) is 6.92 Å². The standard InChI is InChI=1S/C14H16N2O2S/c1-11-2-4-13(5-3-11)17-7-8-18-16-14(15)12-6-9-19-10-12/h2-6,9-10H,7-8H2,1H3,(H2,15,16). The smallest absolute Gasteiger partial charge is 0.171 e. The number of hydrogen-bond acceptors (Lipinski definition) is 4. The van der Waals surface area contributed by atoms with E-state index in [4.69, 9.17) is 15.3 Å². The normalized spacial score (nSPS) is 11.3. The summed E-state index contributed by atoms with van der Waals surface area (Å²) in [5.41, 5.74) is 7.82. The van der Waals surface area contributed by atoms with Crippen LogP contribution >= 0.6 is 11.3 Å². The van der Waals surface area contributed by atoms with Crippen LogP contribution in [0.1, 0.15) is 11.1 Å². The van der Waals surface area contributed by atoms with Crippen LogP contribution in [-0.4, -0.2) is 19.0 Å². The van der Waals surface area contributed by atoms with Gasteiger partial charge in [0, 0.05) is 10.9 Å². The van der Waals surface area contributed by atoms with Gasteiger partial charge in [-0.05, 0) is 30.5 Å². The van der Waals surface area contributed by atoms with Crippen LogP contribution in [0.2, 0.25) is 0 Å². The van der Waals surface area contributed by atoms with Gasteiger partial charge in [0.1, 0.15) is 12.4 Å². The number of thiophene rings is 1. The summed E-state index contributed by atoms with van der Waals surface area (Å²) in [6, 6.07) is 9.76. The van der Waals surface area contributed by atoms with Gasteiger partial charge in [-0.25, -0.2) is 0 Å². The maximum atomic E-state index is 5.74. The molecule has 19 heavy (non-hydrogen) atoms. The van der Waals surface area contributed by atoms with Gasteiger partial charge in [-0.15, -0.1) is 0 Å². The van der Waals surface area contributed by atoms with Crippen LogP contribution in [0.4, 0.5) is 0 Å². The molecule has 5 heteroatoms. The largest absolute Gasteiger partial charge is 0.490 e. The second kappa shape index (κ2) is 6.80. The molecule has 0 fully saturated rings.